The van der Waals surface area contributed by atoms with E-state index >= 15 is 0 Å². The third-order valence-electron chi connectivity index (χ3n) is 3.15. The van der Waals surface area contributed by atoms with Crippen LogP contribution in [0, 0.1) is 11.8 Å². The van der Waals surface area contributed by atoms with Crippen LogP contribution in [0.3, 0.4) is 0 Å². The molecule has 80 valence electrons. The summed E-state index contributed by atoms with van der Waals surface area (Å²) < 4.78 is 0. The van der Waals surface area contributed by atoms with Gasteiger partial charge in [-0.05, 0) is 18.8 Å². The second-order valence-corrected chi connectivity index (χ2v) is 4.24. The molecule has 1 aliphatic rings. The van der Waals surface area contributed by atoms with Gasteiger partial charge in [0.25, 0.3) is 5.78 Å². The number of carbonyl (C=O) groups is 1. The van der Waals surface area contributed by atoms with Crippen molar-refractivity contribution in [2.24, 2.45) is 11.8 Å². The minimum absolute atomic E-state index is 0.0764. The number of ketones is 1. The summed E-state index contributed by atoms with van der Waals surface area (Å²) in [6, 6.07) is 0. The van der Waals surface area contributed by atoms with Crippen molar-refractivity contribution in [2.45, 2.75) is 45.4 Å². The van der Waals surface area contributed by atoms with Crippen LogP contribution in [-0.2, 0) is 4.79 Å². The highest BCUT2D eigenvalue weighted by Crippen LogP contribution is 2.32. The summed E-state index contributed by atoms with van der Waals surface area (Å²) in [4.78, 5) is 20.1. The van der Waals surface area contributed by atoms with Crippen molar-refractivity contribution in [1.82, 2.24) is 0 Å². The number of hydrogen-bond donors (Lipinski definition) is 1. The van der Waals surface area contributed by atoms with Gasteiger partial charge in [0.1, 0.15) is 0 Å². The highest BCUT2D eigenvalue weighted by molar-refractivity contribution is 5.84. The van der Waals surface area contributed by atoms with Gasteiger partial charge in [0.2, 0.25) is 0 Å². The zero-order chi connectivity index (χ0) is 10.6. The van der Waals surface area contributed by atoms with Crippen LogP contribution in [0.15, 0.2) is 0 Å². The Morgan fingerprint density at radius 2 is 2.00 bits per heavy atom. The van der Waals surface area contributed by atoms with Crippen molar-refractivity contribution in [3.63, 3.8) is 0 Å². The lowest BCUT2D eigenvalue weighted by atomic mass is 9.77. The van der Waals surface area contributed by atoms with Gasteiger partial charge in [0, 0.05) is 6.92 Å². The SMILES string of the molecule is CC(=[OH+])[C@@H](CC(=O)O)C1CCCCC1. The largest absolute Gasteiger partial charge is 0.481 e. The van der Waals surface area contributed by atoms with Crippen LogP contribution in [-0.4, -0.2) is 21.7 Å². The fraction of sp³-hybridized carbons (Fsp3) is 0.818. The highest BCUT2D eigenvalue weighted by Gasteiger charge is 2.32. The van der Waals surface area contributed by atoms with Gasteiger partial charge in [0.15, 0.2) is 0 Å². The van der Waals surface area contributed by atoms with Crippen LogP contribution in [0.5, 0.6) is 0 Å². The Morgan fingerprint density at radius 3 is 2.43 bits per heavy atom. The van der Waals surface area contributed by atoms with Crippen LogP contribution in [0.25, 0.3) is 0 Å². The molecule has 3 heteroatoms. The van der Waals surface area contributed by atoms with Crippen molar-refractivity contribution in [3.8, 4) is 0 Å². The van der Waals surface area contributed by atoms with Crippen LogP contribution >= 0.6 is 0 Å². The van der Waals surface area contributed by atoms with Gasteiger partial charge in [-0.25, -0.2) is 0 Å². The fourth-order valence-electron chi connectivity index (χ4n) is 2.38. The van der Waals surface area contributed by atoms with E-state index < -0.39 is 5.97 Å². The molecule has 0 aromatic rings. The number of carboxylic acid groups (broad SMARTS) is 1. The predicted molar refractivity (Wildman–Crippen MR) is 54.9 cm³/mol. The first-order chi connectivity index (χ1) is 6.61. The molecule has 0 aromatic heterocycles. The average Bonchev–Trinajstić information content (AvgIpc) is 2.15. The van der Waals surface area contributed by atoms with E-state index in [-0.39, 0.29) is 12.3 Å². The maximum Gasteiger partial charge on any atom is 0.304 e. The summed E-state index contributed by atoms with van der Waals surface area (Å²) in [6.07, 6.45) is 5.81. The van der Waals surface area contributed by atoms with E-state index in [9.17, 15) is 9.59 Å². The van der Waals surface area contributed by atoms with Gasteiger partial charge in [-0.1, -0.05) is 19.3 Å². The first-order valence-electron chi connectivity index (χ1n) is 5.35. The standard InChI is InChI=1S/C11H18O3/c1-8(12)10(7-11(13)14)9-5-3-2-4-6-9/h9-10H,2-7H2,1H3,(H,13,14)/p+1/t10-/m1/s1. The zero-order valence-corrected chi connectivity index (χ0v) is 8.70. The van der Waals surface area contributed by atoms with Gasteiger partial charge in [0.05, 0.1) is 12.3 Å². The number of carboxylic acids is 1. The van der Waals surface area contributed by atoms with Crippen molar-refractivity contribution >= 4 is 11.8 Å². The minimum Gasteiger partial charge on any atom is -0.481 e. The molecule has 0 spiro atoms. The maximum absolute atomic E-state index is 10.6. The summed E-state index contributed by atoms with van der Waals surface area (Å²) in [6.45, 7) is 1.63. The normalized spacial score (nSPS) is 20.4. The number of carbonyl (C=O) groups excluding carboxylic acids is 1. The van der Waals surface area contributed by atoms with E-state index in [1.165, 1.54) is 19.3 Å². The zero-order valence-electron chi connectivity index (χ0n) is 8.70. The van der Waals surface area contributed by atoms with Gasteiger partial charge in [-0.2, -0.15) is 0 Å². The van der Waals surface area contributed by atoms with E-state index in [1.54, 1.807) is 6.92 Å². The molecule has 1 saturated carbocycles. The lowest BCUT2D eigenvalue weighted by molar-refractivity contribution is -0.138. The van der Waals surface area contributed by atoms with E-state index in [1.807, 2.05) is 0 Å². The molecule has 1 rings (SSSR count). The maximum atomic E-state index is 10.6. The highest BCUT2D eigenvalue weighted by atomic mass is 16.4. The summed E-state index contributed by atoms with van der Waals surface area (Å²) in [5, 5.41) is 8.74. The number of hydrogen-bond acceptors (Lipinski definition) is 1. The first-order valence-corrected chi connectivity index (χ1v) is 5.35. The molecule has 0 amide bonds. The van der Waals surface area contributed by atoms with E-state index in [0.29, 0.717) is 11.7 Å². The number of rotatable bonds is 4. The Balaban J connectivity index is 2.56. The fourth-order valence-corrected chi connectivity index (χ4v) is 2.38. The van der Waals surface area contributed by atoms with Crippen molar-refractivity contribution in [1.29, 1.82) is 0 Å². The summed E-state index contributed by atoms with van der Waals surface area (Å²) in [5.74, 6) is -0.272. The summed E-state index contributed by atoms with van der Waals surface area (Å²) in [5.41, 5.74) is 0. The predicted octanol–water partition coefficient (Wildman–Crippen LogP) is 2.22. The van der Waals surface area contributed by atoms with Gasteiger partial charge in [-0.15, -0.1) is 0 Å². The molecule has 0 bridgehead atoms. The molecule has 0 unspecified atom stereocenters. The average molecular weight is 199 g/mol. The van der Waals surface area contributed by atoms with Gasteiger partial charge in [-0.3, -0.25) is 9.59 Å². The topological polar surface area (TPSA) is 58.7 Å². The van der Waals surface area contributed by atoms with E-state index in [2.05, 4.69) is 0 Å². The third kappa shape index (κ3) is 3.13. The molecule has 0 aromatic carbocycles. The molecule has 0 aliphatic heterocycles. The molecule has 3 nitrogen and oxygen atoms in total. The Morgan fingerprint density at radius 1 is 1.43 bits per heavy atom. The van der Waals surface area contributed by atoms with Crippen molar-refractivity contribution < 1.29 is 14.7 Å². The van der Waals surface area contributed by atoms with E-state index in [4.69, 9.17) is 5.11 Å². The second kappa shape index (κ2) is 5.13. The van der Waals surface area contributed by atoms with Crippen LogP contribution in [0.2, 0.25) is 0 Å². The molecular weight excluding hydrogens is 180 g/mol. The third-order valence-corrected chi connectivity index (χ3v) is 3.15. The van der Waals surface area contributed by atoms with Crippen molar-refractivity contribution in [3.05, 3.63) is 0 Å². The molecule has 1 atom stereocenters. The van der Waals surface area contributed by atoms with Crippen LogP contribution < -0.4 is 0 Å². The second-order valence-electron chi connectivity index (χ2n) is 4.24. The molecule has 2 N–H and O–H groups in total. The minimum atomic E-state index is -0.811. The molecule has 14 heavy (non-hydrogen) atoms. The smallest absolute Gasteiger partial charge is 0.304 e. The van der Waals surface area contributed by atoms with Gasteiger partial charge >= 0.3 is 5.97 Å². The first kappa shape index (κ1) is 11.2. The Labute approximate surface area is 84.5 Å². The molecule has 1 fully saturated rings. The molecule has 0 saturated heterocycles. The van der Waals surface area contributed by atoms with Gasteiger partial charge < -0.3 is 5.11 Å². The lowest BCUT2D eigenvalue weighted by Gasteiger charge is -2.25. The lowest BCUT2D eigenvalue weighted by Crippen LogP contribution is -2.26. The Bertz CT molecular complexity index is 217. The summed E-state index contributed by atoms with van der Waals surface area (Å²) in [7, 11) is 0. The Hall–Kier alpha value is -0.860. The van der Waals surface area contributed by atoms with E-state index in [0.717, 1.165) is 12.8 Å². The summed E-state index contributed by atoms with van der Waals surface area (Å²) >= 11 is 0. The molecule has 0 heterocycles. The van der Waals surface area contributed by atoms with Crippen molar-refractivity contribution in [2.75, 3.05) is 0 Å². The molecule has 0 radical (unpaired) electrons. The quantitative estimate of drug-likeness (QED) is 0.706. The monoisotopic (exact) mass is 199 g/mol. The molecule has 1 aliphatic carbocycles. The van der Waals surface area contributed by atoms with Crippen LogP contribution in [0.1, 0.15) is 45.4 Å². The van der Waals surface area contributed by atoms with Crippen LogP contribution in [0.4, 0.5) is 0 Å². The Kier molecular flexibility index (Phi) is 4.11. The number of aliphatic carboxylic acids is 1. The molecular formula is C11H19O3+.